The minimum Gasteiger partial charge on any atom is -0.381 e. The molecule has 1 aromatic rings. The summed E-state index contributed by atoms with van der Waals surface area (Å²) in [6, 6.07) is 5.02. The molecule has 1 heterocycles. The third kappa shape index (κ3) is 6.33. The summed E-state index contributed by atoms with van der Waals surface area (Å²) in [6.45, 7) is 6.76. The van der Waals surface area contributed by atoms with Gasteiger partial charge in [0.15, 0.2) is 5.96 Å². The largest absolute Gasteiger partial charge is 0.381 e. The van der Waals surface area contributed by atoms with Crippen LogP contribution >= 0.6 is 11.6 Å². The molecule has 5 nitrogen and oxygen atoms in total. The minimum atomic E-state index is -0.231. The molecule has 0 radical (unpaired) electrons. The number of nitrogens with one attached hydrogen (secondary N) is 2. The molecule has 1 saturated heterocycles. The van der Waals surface area contributed by atoms with Crippen molar-refractivity contribution >= 4 is 17.6 Å². The monoisotopic (exact) mass is 411 g/mol. The van der Waals surface area contributed by atoms with Crippen LogP contribution in [0, 0.1) is 11.7 Å². The van der Waals surface area contributed by atoms with Gasteiger partial charge in [0.2, 0.25) is 0 Å². The van der Waals surface area contributed by atoms with E-state index >= 15 is 0 Å². The van der Waals surface area contributed by atoms with E-state index in [2.05, 4.69) is 15.6 Å². The molecule has 2 fully saturated rings. The van der Waals surface area contributed by atoms with Crippen LogP contribution in [-0.4, -0.2) is 51.5 Å². The van der Waals surface area contributed by atoms with Gasteiger partial charge in [-0.2, -0.15) is 0 Å². The molecule has 2 atom stereocenters. The highest BCUT2D eigenvalue weighted by atomic mass is 35.5. The van der Waals surface area contributed by atoms with Crippen molar-refractivity contribution < 1.29 is 13.9 Å². The van der Waals surface area contributed by atoms with Gasteiger partial charge in [0.25, 0.3) is 0 Å². The SMILES string of the molecule is CCNC(=NCCCOCC1CCOCC1)NC1CC1c1c(F)cccc1Cl. The molecule has 2 aliphatic rings. The molecular formula is C21H31ClFN3O2. The fraction of sp³-hybridized carbons (Fsp3) is 0.667. The summed E-state index contributed by atoms with van der Waals surface area (Å²) in [6.07, 6.45) is 3.94. The van der Waals surface area contributed by atoms with E-state index in [1.165, 1.54) is 6.07 Å². The van der Waals surface area contributed by atoms with Crippen molar-refractivity contribution in [2.24, 2.45) is 10.9 Å². The third-order valence-electron chi connectivity index (χ3n) is 5.24. The molecule has 3 rings (SSSR count). The standard InChI is InChI=1S/C21H31ClFN3O2/c1-2-24-21(25-9-4-10-28-14-15-7-11-27-12-8-15)26-19-13-16(19)20-17(22)5-3-6-18(20)23/h3,5-6,15-16,19H,2,4,7-14H2,1H3,(H2,24,25,26). The van der Waals surface area contributed by atoms with Crippen LogP contribution in [0.15, 0.2) is 23.2 Å². The van der Waals surface area contributed by atoms with E-state index in [1.807, 2.05) is 6.92 Å². The topological polar surface area (TPSA) is 54.9 Å². The van der Waals surface area contributed by atoms with Gasteiger partial charge in [0.05, 0.1) is 0 Å². The molecule has 1 aliphatic carbocycles. The average Bonchev–Trinajstić information content (AvgIpc) is 3.44. The molecule has 2 unspecified atom stereocenters. The Balaban J connectivity index is 1.38. The predicted octanol–water partition coefficient (Wildman–Crippen LogP) is 3.72. The number of halogens is 2. The second kappa shape index (κ2) is 11.0. The molecule has 1 aromatic carbocycles. The van der Waals surface area contributed by atoms with Crippen LogP contribution in [0.2, 0.25) is 5.02 Å². The van der Waals surface area contributed by atoms with Gasteiger partial charge >= 0.3 is 0 Å². The second-order valence-electron chi connectivity index (χ2n) is 7.47. The average molecular weight is 412 g/mol. The fourth-order valence-corrected chi connectivity index (χ4v) is 3.86. The Morgan fingerprint density at radius 3 is 2.93 bits per heavy atom. The first-order valence-corrected chi connectivity index (χ1v) is 10.7. The Bertz CT molecular complexity index is 632. The Morgan fingerprint density at radius 2 is 2.18 bits per heavy atom. The summed E-state index contributed by atoms with van der Waals surface area (Å²) >= 11 is 6.18. The minimum absolute atomic E-state index is 0.0976. The van der Waals surface area contributed by atoms with Gasteiger partial charge in [-0.3, -0.25) is 4.99 Å². The highest BCUT2D eigenvalue weighted by Gasteiger charge is 2.41. The van der Waals surface area contributed by atoms with E-state index < -0.39 is 0 Å². The molecule has 1 aliphatic heterocycles. The van der Waals surface area contributed by atoms with Crippen LogP contribution < -0.4 is 10.6 Å². The van der Waals surface area contributed by atoms with Crippen molar-refractivity contribution in [3.63, 3.8) is 0 Å². The Morgan fingerprint density at radius 1 is 1.36 bits per heavy atom. The lowest BCUT2D eigenvalue weighted by atomic mass is 10.0. The van der Waals surface area contributed by atoms with Crippen LogP contribution in [0.3, 0.4) is 0 Å². The first-order valence-electron chi connectivity index (χ1n) is 10.3. The number of ether oxygens (including phenoxy) is 2. The van der Waals surface area contributed by atoms with Crippen LogP contribution in [0.1, 0.15) is 44.1 Å². The van der Waals surface area contributed by atoms with Crippen molar-refractivity contribution in [1.82, 2.24) is 10.6 Å². The fourth-order valence-electron chi connectivity index (χ4n) is 3.55. The predicted molar refractivity (Wildman–Crippen MR) is 111 cm³/mol. The number of guanidine groups is 1. The smallest absolute Gasteiger partial charge is 0.191 e. The molecule has 7 heteroatoms. The molecule has 0 amide bonds. The molecule has 0 spiro atoms. The number of aliphatic imine (C=N–C) groups is 1. The van der Waals surface area contributed by atoms with Gasteiger partial charge in [-0.25, -0.2) is 4.39 Å². The molecule has 156 valence electrons. The van der Waals surface area contributed by atoms with E-state index in [4.69, 9.17) is 21.1 Å². The number of rotatable bonds is 9. The maximum absolute atomic E-state index is 14.1. The van der Waals surface area contributed by atoms with Crippen molar-refractivity contribution in [2.75, 3.05) is 39.5 Å². The lowest BCUT2D eigenvalue weighted by Crippen LogP contribution is -2.39. The van der Waals surface area contributed by atoms with E-state index in [-0.39, 0.29) is 17.8 Å². The van der Waals surface area contributed by atoms with Crippen molar-refractivity contribution in [3.05, 3.63) is 34.6 Å². The first-order chi connectivity index (χ1) is 13.7. The summed E-state index contributed by atoms with van der Waals surface area (Å²) in [4.78, 5) is 4.62. The number of hydrogen-bond acceptors (Lipinski definition) is 3. The van der Waals surface area contributed by atoms with Gasteiger partial charge in [-0.15, -0.1) is 0 Å². The number of nitrogens with zero attached hydrogens (tertiary/aromatic N) is 1. The summed E-state index contributed by atoms with van der Waals surface area (Å²) in [5.41, 5.74) is 0.610. The van der Waals surface area contributed by atoms with E-state index in [9.17, 15) is 4.39 Å². The highest BCUT2D eigenvalue weighted by molar-refractivity contribution is 6.31. The normalized spacial score (nSPS) is 22.9. The first kappa shape index (κ1) is 21.3. The van der Waals surface area contributed by atoms with Crippen LogP contribution in [0.5, 0.6) is 0 Å². The van der Waals surface area contributed by atoms with Crippen molar-refractivity contribution in [3.8, 4) is 0 Å². The maximum atomic E-state index is 14.1. The molecule has 0 aromatic heterocycles. The van der Waals surface area contributed by atoms with Crippen molar-refractivity contribution in [1.29, 1.82) is 0 Å². The molecular weight excluding hydrogens is 381 g/mol. The Kier molecular flexibility index (Phi) is 8.37. The number of benzene rings is 1. The number of hydrogen-bond donors (Lipinski definition) is 2. The zero-order chi connectivity index (χ0) is 19.8. The molecule has 28 heavy (non-hydrogen) atoms. The lowest BCUT2D eigenvalue weighted by molar-refractivity contribution is 0.0205. The van der Waals surface area contributed by atoms with Crippen LogP contribution in [0.25, 0.3) is 0 Å². The van der Waals surface area contributed by atoms with E-state index in [1.54, 1.807) is 12.1 Å². The van der Waals surface area contributed by atoms with Gasteiger partial charge in [-0.1, -0.05) is 17.7 Å². The summed E-state index contributed by atoms with van der Waals surface area (Å²) in [5, 5.41) is 7.15. The van der Waals surface area contributed by atoms with Crippen LogP contribution in [0.4, 0.5) is 4.39 Å². The highest BCUT2D eigenvalue weighted by Crippen LogP contribution is 2.44. The van der Waals surface area contributed by atoms with Gasteiger partial charge < -0.3 is 20.1 Å². The quantitative estimate of drug-likeness (QED) is 0.369. The Labute approximate surface area is 172 Å². The van der Waals surface area contributed by atoms with Gasteiger partial charge in [0, 0.05) is 62.1 Å². The molecule has 2 N–H and O–H groups in total. The summed E-state index contributed by atoms with van der Waals surface area (Å²) in [7, 11) is 0. The van der Waals surface area contributed by atoms with E-state index in [0.29, 0.717) is 23.0 Å². The van der Waals surface area contributed by atoms with E-state index in [0.717, 1.165) is 64.6 Å². The molecule has 0 bridgehead atoms. The summed E-state index contributed by atoms with van der Waals surface area (Å²) in [5.74, 6) is 1.27. The summed E-state index contributed by atoms with van der Waals surface area (Å²) < 4.78 is 25.2. The van der Waals surface area contributed by atoms with Gasteiger partial charge in [0.1, 0.15) is 5.82 Å². The molecule has 1 saturated carbocycles. The van der Waals surface area contributed by atoms with Crippen molar-refractivity contribution in [2.45, 2.75) is 44.6 Å². The third-order valence-corrected chi connectivity index (χ3v) is 5.57. The zero-order valence-electron chi connectivity index (χ0n) is 16.6. The lowest BCUT2D eigenvalue weighted by Gasteiger charge is -2.21. The maximum Gasteiger partial charge on any atom is 0.191 e. The van der Waals surface area contributed by atoms with Crippen LogP contribution in [-0.2, 0) is 9.47 Å². The van der Waals surface area contributed by atoms with Gasteiger partial charge in [-0.05, 0) is 50.7 Å². The second-order valence-corrected chi connectivity index (χ2v) is 7.88. The zero-order valence-corrected chi connectivity index (χ0v) is 17.3. The Hall–Kier alpha value is -1.37.